The summed E-state index contributed by atoms with van der Waals surface area (Å²) in [5, 5.41) is 10.2. The number of aromatic amines is 1. The molecule has 2 heterocycles. The van der Waals surface area contributed by atoms with Gasteiger partial charge < -0.3 is 14.8 Å². The van der Waals surface area contributed by atoms with Gasteiger partial charge in [0.2, 0.25) is 0 Å². The van der Waals surface area contributed by atoms with E-state index in [2.05, 4.69) is 20.4 Å². The fourth-order valence-electron chi connectivity index (χ4n) is 3.64. The Morgan fingerprint density at radius 2 is 2.11 bits per heavy atom. The minimum Gasteiger partial charge on any atom is -0.492 e. The van der Waals surface area contributed by atoms with Crippen LogP contribution in [-0.2, 0) is 17.6 Å². The first-order valence-corrected chi connectivity index (χ1v) is 9.70. The first-order valence-electron chi connectivity index (χ1n) is 9.70. The molecule has 7 heteroatoms. The highest BCUT2D eigenvalue weighted by Crippen LogP contribution is 2.23. The maximum Gasteiger partial charge on any atom is 0.276 e. The fourth-order valence-corrected chi connectivity index (χ4v) is 3.64. The SMILES string of the molecule is O=C(Nc1cccc(OCCN2CCOCC2)c1)c1n[nH]c2c1CCCC2. The maximum absolute atomic E-state index is 12.6. The molecule has 0 saturated carbocycles. The lowest BCUT2D eigenvalue weighted by molar-refractivity contribution is 0.0322. The number of carbonyl (C=O) groups is 1. The summed E-state index contributed by atoms with van der Waals surface area (Å²) < 4.78 is 11.2. The predicted octanol–water partition coefficient (Wildman–Crippen LogP) is 2.25. The Balaban J connectivity index is 1.33. The molecular formula is C20H26N4O3. The zero-order valence-corrected chi connectivity index (χ0v) is 15.5. The van der Waals surface area contributed by atoms with E-state index in [9.17, 15) is 4.79 Å². The van der Waals surface area contributed by atoms with Crippen LogP contribution in [0.4, 0.5) is 5.69 Å². The molecule has 2 aliphatic rings. The molecule has 1 aromatic heterocycles. The van der Waals surface area contributed by atoms with E-state index in [0.717, 1.165) is 81.2 Å². The summed E-state index contributed by atoms with van der Waals surface area (Å²) in [6.07, 6.45) is 4.15. The van der Waals surface area contributed by atoms with Gasteiger partial charge in [-0.05, 0) is 37.8 Å². The molecule has 144 valence electrons. The first kappa shape index (κ1) is 18.0. The number of benzene rings is 1. The zero-order valence-electron chi connectivity index (χ0n) is 15.5. The molecule has 1 amide bonds. The van der Waals surface area contributed by atoms with Gasteiger partial charge in [-0.25, -0.2) is 0 Å². The Morgan fingerprint density at radius 3 is 3.00 bits per heavy atom. The first-order chi connectivity index (χ1) is 13.3. The van der Waals surface area contributed by atoms with Crippen LogP contribution in [0.5, 0.6) is 5.75 Å². The molecule has 27 heavy (non-hydrogen) atoms. The lowest BCUT2D eigenvalue weighted by atomic mass is 9.96. The Morgan fingerprint density at radius 1 is 1.26 bits per heavy atom. The van der Waals surface area contributed by atoms with Crippen LogP contribution in [0, 0.1) is 0 Å². The van der Waals surface area contributed by atoms with Gasteiger partial charge >= 0.3 is 0 Å². The van der Waals surface area contributed by atoms with Crippen LogP contribution < -0.4 is 10.1 Å². The van der Waals surface area contributed by atoms with E-state index in [1.54, 1.807) is 0 Å². The van der Waals surface area contributed by atoms with Crippen LogP contribution >= 0.6 is 0 Å². The minimum absolute atomic E-state index is 0.167. The molecule has 0 atom stereocenters. The van der Waals surface area contributed by atoms with E-state index in [1.807, 2.05) is 24.3 Å². The second-order valence-corrected chi connectivity index (χ2v) is 7.02. The molecule has 1 aromatic carbocycles. The Labute approximate surface area is 159 Å². The molecule has 7 nitrogen and oxygen atoms in total. The Hall–Kier alpha value is -2.38. The molecule has 2 aromatic rings. The predicted molar refractivity (Wildman–Crippen MR) is 102 cm³/mol. The normalized spacial score (nSPS) is 17.3. The van der Waals surface area contributed by atoms with E-state index >= 15 is 0 Å². The summed E-state index contributed by atoms with van der Waals surface area (Å²) in [5.74, 6) is 0.588. The lowest BCUT2D eigenvalue weighted by Gasteiger charge is -2.26. The third-order valence-corrected chi connectivity index (χ3v) is 5.14. The number of nitrogens with one attached hydrogen (secondary N) is 2. The minimum atomic E-state index is -0.167. The van der Waals surface area contributed by atoms with E-state index in [1.165, 1.54) is 0 Å². The van der Waals surface area contributed by atoms with Gasteiger partial charge in [-0.3, -0.25) is 14.8 Å². The number of amides is 1. The number of ether oxygens (including phenoxy) is 2. The number of carbonyl (C=O) groups excluding carboxylic acids is 1. The van der Waals surface area contributed by atoms with Crippen molar-refractivity contribution >= 4 is 11.6 Å². The van der Waals surface area contributed by atoms with Crippen LogP contribution in [-0.4, -0.2) is 60.5 Å². The van der Waals surface area contributed by atoms with Gasteiger partial charge in [0.05, 0.1) is 13.2 Å². The van der Waals surface area contributed by atoms with E-state index < -0.39 is 0 Å². The monoisotopic (exact) mass is 370 g/mol. The van der Waals surface area contributed by atoms with Gasteiger partial charge in [0, 0.05) is 42.6 Å². The van der Waals surface area contributed by atoms with Crippen molar-refractivity contribution in [3.8, 4) is 5.75 Å². The molecule has 0 unspecified atom stereocenters. The Kier molecular flexibility index (Phi) is 5.69. The standard InChI is InChI=1S/C20H26N4O3/c25-20(19-17-6-1-2-7-18(17)22-23-19)21-15-4-3-5-16(14-15)27-13-10-24-8-11-26-12-9-24/h3-5,14H,1-2,6-13H2,(H,21,25)(H,22,23). The topological polar surface area (TPSA) is 79.5 Å². The number of fused-ring (bicyclic) bond motifs is 1. The molecule has 0 bridgehead atoms. The van der Waals surface area contributed by atoms with Crippen molar-refractivity contribution in [1.82, 2.24) is 15.1 Å². The average molecular weight is 370 g/mol. The molecule has 1 aliphatic carbocycles. The maximum atomic E-state index is 12.6. The smallest absolute Gasteiger partial charge is 0.276 e. The molecule has 0 spiro atoms. The number of hydrogen-bond donors (Lipinski definition) is 2. The van der Waals surface area contributed by atoms with Crippen LogP contribution in [0.3, 0.4) is 0 Å². The molecular weight excluding hydrogens is 344 g/mol. The summed E-state index contributed by atoms with van der Waals surface area (Å²) in [6.45, 7) is 4.97. The van der Waals surface area contributed by atoms with Gasteiger partial charge in [0.1, 0.15) is 12.4 Å². The van der Waals surface area contributed by atoms with Crippen molar-refractivity contribution in [2.45, 2.75) is 25.7 Å². The third kappa shape index (κ3) is 4.48. The number of aromatic nitrogens is 2. The fraction of sp³-hybridized carbons (Fsp3) is 0.500. The van der Waals surface area contributed by atoms with Gasteiger partial charge in [-0.1, -0.05) is 6.07 Å². The van der Waals surface area contributed by atoms with Crippen LogP contribution in [0.15, 0.2) is 24.3 Å². The number of anilines is 1. The summed E-state index contributed by atoms with van der Waals surface area (Å²) in [5.41, 5.74) is 3.41. The Bertz CT molecular complexity index is 783. The second-order valence-electron chi connectivity index (χ2n) is 7.02. The van der Waals surface area contributed by atoms with Crippen molar-refractivity contribution in [2.75, 3.05) is 44.8 Å². The zero-order chi connectivity index (χ0) is 18.5. The average Bonchev–Trinajstić information content (AvgIpc) is 3.13. The molecule has 1 saturated heterocycles. The highest BCUT2D eigenvalue weighted by Gasteiger charge is 2.21. The largest absolute Gasteiger partial charge is 0.492 e. The van der Waals surface area contributed by atoms with Crippen LogP contribution in [0.2, 0.25) is 0 Å². The van der Waals surface area contributed by atoms with Crippen molar-refractivity contribution in [1.29, 1.82) is 0 Å². The number of hydrogen-bond acceptors (Lipinski definition) is 5. The van der Waals surface area contributed by atoms with Crippen molar-refractivity contribution in [3.05, 3.63) is 41.2 Å². The third-order valence-electron chi connectivity index (χ3n) is 5.14. The lowest BCUT2D eigenvalue weighted by Crippen LogP contribution is -2.38. The molecule has 4 rings (SSSR count). The number of aryl methyl sites for hydroxylation is 1. The van der Waals surface area contributed by atoms with Crippen molar-refractivity contribution in [2.24, 2.45) is 0 Å². The van der Waals surface area contributed by atoms with Gasteiger partial charge in [0.25, 0.3) is 5.91 Å². The molecule has 0 radical (unpaired) electrons. The number of nitrogens with zero attached hydrogens (tertiary/aromatic N) is 2. The van der Waals surface area contributed by atoms with Crippen LogP contribution in [0.25, 0.3) is 0 Å². The number of morpholine rings is 1. The summed E-state index contributed by atoms with van der Waals surface area (Å²) >= 11 is 0. The van der Waals surface area contributed by atoms with E-state index in [-0.39, 0.29) is 5.91 Å². The van der Waals surface area contributed by atoms with Crippen LogP contribution in [0.1, 0.15) is 34.6 Å². The van der Waals surface area contributed by atoms with Gasteiger partial charge in [-0.15, -0.1) is 0 Å². The highest BCUT2D eigenvalue weighted by atomic mass is 16.5. The second kappa shape index (κ2) is 8.54. The van der Waals surface area contributed by atoms with Crippen molar-refractivity contribution < 1.29 is 14.3 Å². The summed E-state index contributed by atoms with van der Waals surface area (Å²) in [6, 6.07) is 7.52. The van der Waals surface area contributed by atoms with E-state index in [4.69, 9.17) is 9.47 Å². The highest BCUT2D eigenvalue weighted by molar-refractivity contribution is 6.04. The molecule has 1 aliphatic heterocycles. The molecule has 2 N–H and O–H groups in total. The van der Waals surface area contributed by atoms with Crippen molar-refractivity contribution in [3.63, 3.8) is 0 Å². The summed E-state index contributed by atoms with van der Waals surface area (Å²) in [4.78, 5) is 15.0. The quantitative estimate of drug-likeness (QED) is 0.815. The molecule has 1 fully saturated rings. The number of rotatable bonds is 6. The van der Waals surface area contributed by atoms with E-state index in [0.29, 0.717) is 12.3 Å². The van der Waals surface area contributed by atoms with Gasteiger partial charge in [-0.2, -0.15) is 5.10 Å². The summed E-state index contributed by atoms with van der Waals surface area (Å²) in [7, 11) is 0. The number of H-pyrrole nitrogens is 1. The van der Waals surface area contributed by atoms with Gasteiger partial charge in [0.15, 0.2) is 5.69 Å².